The van der Waals surface area contributed by atoms with Crippen molar-refractivity contribution in [2.45, 2.75) is 45.6 Å². The average Bonchev–Trinajstić information content (AvgIpc) is 3.11. The first-order valence-corrected chi connectivity index (χ1v) is 11.2. The zero-order chi connectivity index (χ0) is 25.0. The summed E-state index contributed by atoms with van der Waals surface area (Å²) in [5.41, 5.74) is 3.61. The Morgan fingerprint density at radius 3 is 2.56 bits per heavy atom. The van der Waals surface area contributed by atoms with Crippen LogP contribution >= 0.6 is 23.2 Å². The van der Waals surface area contributed by atoms with Crippen molar-refractivity contribution in [1.82, 2.24) is 21.2 Å². The van der Waals surface area contributed by atoms with Crippen molar-refractivity contribution in [3.8, 4) is 11.5 Å². The smallest absolute Gasteiger partial charge is 0.288 e. The first kappa shape index (κ1) is 26.0. The van der Waals surface area contributed by atoms with Crippen LogP contribution < -0.4 is 25.6 Å². The molecule has 1 aromatic carbocycles. The summed E-state index contributed by atoms with van der Waals surface area (Å²) in [7, 11) is 0. The first-order valence-electron chi connectivity index (χ1n) is 10.4. The van der Waals surface area contributed by atoms with Gasteiger partial charge in [0, 0.05) is 6.07 Å². The van der Waals surface area contributed by atoms with Crippen molar-refractivity contribution in [3.63, 3.8) is 0 Å². The zero-order valence-electron chi connectivity index (χ0n) is 19.0. The van der Waals surface area contributed by atoms with Gasteiger partial charge in [-0.3, -0.25) is 25.8 Å². The SMILES string of the molecule is CC(C)Oc1ccc(C(=O)NNC(=O)c2cc(F)c(OCC3COC(C)(C)N3)cc2Cl)nc1Cl. The summed E-state index contributed by atoms with van der Waals surface area (Å²) < 4.78 is 31.0. The highest BCUT2D eigenvalue weighted by Gasteiger charge is 2.31. The quantitative estimate of drug-likeness (QED) is 0.383. The van der Waals surface area contributed by atoms with E-state index < -0.39 is 23.4 Å². The van der Waals surface area contributed by atoms with E-state index in [4.69, 9.17) is 37.4 Å². The molecule has 34 heavy (non-hydrogen) atoms. The molecule has 0 radical (unpaired) electrons. The topological polar surface area (TPSA) is 111 Å². The summed E-state index contributed by atoms with van der Waals surface area (Å²) in [4.78, 5) is 28.7. The Labute approximate surface area is 206 Å². The fourth-order valence-electron chi connectivity index (χ4n) is 3.11. The molecule has 184 valence electrons. The molecule has 9 nitrogen and oxygen atoms in total. The molecule has 1 unspecified atom stereocenters. The number of carbonyl (C=O) groups is 2. The van der Waals surface area contributed by atoms with Crippen LogP contribution in [0.25, 0.3) is 0 Å². The Bertz CT molecular complexity index is 1080. The van der Waals surface area contributed by atoms with E-state index in [1.165, 1.54) is 18.2 Å². The Balaban J connectivity index is 1.59. The standard InChI is InChI=1S/C22H25Cl2FN4O5/c1-11(2)34-17-6-5-16(26-19(17)24)21(31)29-28-20(30)13-7-15(25)18(8-14(13)23)32-9-12-10-33-22(3,4)27-12/h5-8,11-12,27H,9-10H2,1-4H3,(H,28,30)(H,29,31). The van der Waals surface area contributed by atoms with Crippen molar-refractivity contribution in [2.24, 2.45) is 0 Å². The minimum absolute atomic E-state index is 0.00342. The third kappa shape index (κ3) is 6.69. The lowest BCUT2D eigenvalue weighted by Gasteiger charge is -2.18. The Morgan fingerprint density at radius 1 is 1.24 bits per heavy atom. The van der Waals surface area contributed by atoms with Crippen molar-refractivity contribution in [1.29, 1.82) is 0 Å². The molecule has 1 aliphatic heterocycles. The molecule has 2 amide bonds. The van der Waals surface area contributed by atoms with Gasteiger partial charge in [-0.25, -0.2) is 9.37 Å². The zero-order valence-corrected chi connectivity index (χ0v) is 20.5. The molecule has 0 aliphatic carbocycles. The summed E-state index contributed by atoms with van der Waals surface area (Å²) in [6, 6.07) is 4.87. The highest BCUT2D eigenvalue weighted by atomic mass is 35.5. The fourth-order valence-corrected chi connectivity index (χ4v) is 3.55. The predicted molar refractivity (Wildman–Crippen MR) is 124 cm³/mol. The van der Waals surface area contributed by atoms with Gasteiger partial charge in [0.15, 0.2) is 22.5 Å². The maximum Gasteiger partial charge on any atom is 0.288 e. The fraction of sp³-hybridized carbons (Fsp3) is 0.409. The maximum atomic E-state index is 14.5. The van der Waals surface area contributed by atoms with Gasteiger partial charge in [0.25, 0.3) is 11.8 Å². The number of hydrazine groups is 1. The molecule has 0 spiro atoms. The van der Waals surface area contributed by atoms with Crippen LogP contribution in [0.3, 0.4) is 0 Å². The number of rotatable bonds is 7. The molecule has 2 aromatic rings. The van der Waals surface area contributed by atoms with Gasteiger partial charge in [0.05, 0.1) is 29.3 Å². The summed E-state index contributed by atoms with van der Waals surface area (Å²) in [6.07, 6.45) is -0.124. The van der Waals surface area contributed by atoms with Crippen molar-refractivity contribution in [3.05, 3.63) is 51.5 Å². The van der Waals surface area contributed by atoms with Crippen LogP contribution in [0.1, 0.15) is 48.5 Å². The molecule has 1 aromatic heterocycles. The molecule has 2 heterocycles. The highest BCUT2D eigenvalue weighted by molar-refractivity contribution is 6.34. The van der Waals surface area contributed by atoms with Crippen LogP contribution in [0.15, 0.2) is 24.3 Å². The van der Waals surface area contributed by atoms with Crippen molar-refractivity contribution >= 4 is 35.0 Å². The minimum atomic E-state index is -0.831. The van der Waals surface area contributed by atoms with Crippen LogP contribution in [-0.2, 0) is 4.74 Å². The number of pyridine rings is 1. The van der Waals surface area contributed by atoms with Crippen molar-refractivity contribution < 1.29 is 28.2 Å². The molecule has 1 saturated heterocycles. The van der Waals surface area contributed by atoms with Gasteiger partial charge >= 0.3 is 0 Å². The Kier molecular flexibility index (Phi) is 8.19. The Morgan fingerprint density at radius 2 is 1.94 bits per heavy atom. The second-order valence-electron chi connectivity index (χ2n) is 8.30. The van der Waals surface area contributed by atoms with E-state index in [-0.39, 0.29) is 45.9 Å². The van der Waals surface area contributed by atoms with E-state index >= 15 is 0 Å². The molecule has 12 heteroatoms. The van der Waals surface area contributed by atoms with Gasteiger partial charge in [-0.15, -0.1) is 0 Å². The minimum Gasteiger partial charge on any atom is -0.489 e. The van der Waals surface area contributed by atoms with Gasteiger partial charge in [0.2, 0.25) is 0 Å². The molecule has 1 aliphatic rings. The number of nitrogens with one attached hydrogen (secondary N) is 3. The van der Waals surface area contributed by atoms with E-state index in [0.29, 0.717) is 12.4 Å². The molecular weight excluding hydrogens is 490 g/mol. The lowest BCUT2D eigenvalue weighted by Crippen LogP contribution is -2.42. The van der Waals surface area contributed by atoms with E-state index in [0.717, 1.165) is 6.07 Å². The number of hydrogen-bond donors (Lipinski definition) is 3. The van der Waals surface area contributed by atoms with Crippen LogP contribution in [-0.4, -0.2) is 47.9 Å². The van der Waals surface area contributed by atoms with E-state index in [1.54, 1.807) is 0 Å². The largest absolute Gasteiger partial charge is 0.489 e. The van der Waals surface area contributed by atoms with Crippen molar-refractivity contribution in [2.75, 3.05) is 13.2 Å². The maximum absolute atomic E-state index is 14.5. The van der Waals surface area contributed by atoms with Gasteiger partial charge in [-0.1, -0.05) is 23.2 Å². The summed E-state index contributed by atoms with van der Waals surface area (Å²) in [5.74, 6) is -2.14. The molecule has 1 atom stereocenters. The van der Waals surface area contributed by atoms with E-state index in [9.17, 15) is 14.0 Å². The van der Waals surface area contributed by atoms with Gasteiger partial charge in [-0.05, 0) is 45.9 Å². The lowest BCUT2D eigenvalue weighted by molar-refractivity contribution is 0.0230. The van der Waals surface area contributed by atoms with Crippen LogP contribution in [0.4, 0.5) is 4.39 Å². The number of carbonyl (C=O) groups excluding carboxylic acids is 2. The Hall–Kier alpha value is -2.66. The lowest BCUT2D eigenvalue weighted by atomic mass is 10.2. The summed E-state index contributed by atoms with van der Waals surface area (Å²) in [5, 5.41) is 3.13. The predicted octanol–water partition coefficient (Wildman–Crippen LogP) is 3.49. The summed E-state index contributed by atoms with van der Waals surface area (Å²) in [6.45, 7) is 7.95. The number of ether oxygens (including phenoxy) is 3. The number of aromatic nitrogens is 1. The number of hydrogen-bond acceptors (Lipinski definition) is 7. The monoisotopic (exact) mass is 514 g/mol. The van der Waals surface area contributed by atoms with Gasteiger partial charge in [-0.2, -0.15) is 0 Å². The van der Waals surface area contributed by atoms with Gasteiger partial charge in [0.1, 0.15) is 18.0 Å². The average molecular weight is 515 g/mol. The molecule has 1 fully saturated rings. The molecule has 3 rings (SSSR count). The third-order valence-corrected chi connectivity index (χ3v) is 5.19. The molecule has 0 bridgehead atoms. The first-order chi connectivity index (χ1) is 15.9. The van der Waals surface area contributed by atoms with Crippen LogP contribution in [0.2, 0.25) is 10.2 Å². The second kappa shape index (κ2) is 10.7. The normalized spacial score (nSPS) is 16.9. The third-order valence-electron chi connectivity index (χ3n) is 4.60. The number of nitrogens with zero attached hydrogens (tertiary/aromatic N) is 1. The molecule has 0 saturated carbocycles. The molecule has 3 N–H and O–H groups in total. The second-order valence-corrected chi connectivity index (χ2v) is 9.06. The van der Waals surface area contributed by atoms with E-state index in [1.807, 2.05) is 27.7 Å². The number of halogens is 3. The number of amides is 2. The van der Waals surface area contributed by atoms with E-state index in [2.05, 4.69) is 21.2 Å². The number of benzene rings is 1. The van der Waals surface area contributed by atoms with Crippen LogP contribution in [0, 0.1) is 5.82 Å². The van der Waals surface area contributed by atoms with Crippen LogP contribution in [0.5, 0.6) is 11.5 Å². The highest BCUT2D eigenvalue weighted by Crippen LogP contribution is 2.27. The van der Waals surface area contributed by atoms with Gasteiger partial charge < -0.3 is 14.2 Å². The summed E-state index contributed by atoms with van der Waals surface area (Å²) >= 11 is 12.2. The molecular formula is C22H25Cl2FN4O5.